The molecule has 3 heteroatoms. The van der Waals surface area contributed by atoms with Gasteiger partial charge >= 0.3 is 0 Å². The van der Waals surface area contributed by atoms with E-state index in [4.69, 9.17) is 20.1 Å². The van der Waals surface area contributed by atoms with Gasteiger partial charge in [0.1, 0.15) is 0 Å². The fourth-order valence-corrected chi connectivity index (χ4v) is 2.89. The third-order valence-corrected chi connectivity index (χ3v) is 4.17. The molecule has 1 rings (SSSR count). The maximum atomic E-state index is 6.21. The standard InChI is InChI=1S/C12H22BNS/c1-4-6-11-9(10(13)5-2)7-8-12(15)14(11)3/h9-11H,4-8H2,1-3H3. The molecule has 0 aliphatic carbocycles. The lowest BCUT2D eigenvalue weighted by molar-refractivity contribution is 0.197. The Kier molecular flexibility index (Phi) is 5.11. The summed E-state index contributed by atoms with van der Waals surface area (Å²) in [4.78, 5) is 3.41. The molecule has 0 aromatic heterocycles. The summed E-state index contributed by atoms with van der Waals surface area (Å²) in [6.07, 6.45) is 5.73. The molecule has 0 bridgehead atoms. The van der Waals surface area contributed by atoms with Gasteiger partial charge in [-0.3, -0.25) is 0 Å². The van der Waals surface area contributed by atoms with Crippen molar-refractivity contribution in [2.45, 2.75) is 57.8 Å². The van der Waals surface area contributed by atoms with Gasteiger partial charge in [0.05, 0.1) is 12.8 Å². The molecule has 3 unspecified atom stereocenters. The molecule has 1 fully saturated rings. The van der Waals surface area contributed by atoms with Gasteiger partial charge < -0.3 is 4.90 Å². The summed E-state index contributed by atoms with van der Waals surface area (Å²) in [5, 5.41) is 0. The number of hydrogen-bond acceptors (Lipinski definition) is 1. The Morgan fingerprint density at radius 3 is 2.73 bits per heavy atom. The van der Waals surface area contributed by atoms with Crippen molar-refractivity contribution in [3.8, 4) is 0 Å². The Hall–Kier alpha value is -0.0451. The first-order valence-corrected chi connectivity index (χ1v) is 6.53. The molecule has 2 radical (unpaired) electrons. The van der Waals surface area contributed by atoms with E-state index < -0.39 is 0 Å². The van der Waals surface area contributed by atoms with Crippen molar-refractivity contribution in [1.82, 2.24) is 4.90 Å². The van der Waals surface area contributed by atoms with Crippen molar-refractivity contribution in [3.63, 3.8) is 0 Å². The average molecular weight is 223 g/mol. The van der Waals surface area contributed by atoms with Crippen LogP contribution in [0, 0.1) is 5.92 Å². The van der Waals surface area contributed by atoms with Gasteiger partial charge in [0.15, 0.2) is 0 Å². The Morgan fingerprint density at radius 1 is 1.53 bits per heavy atom. The van der Waals surface area contributed by atoms with E-state index in [1.165, 1.54) is 19.3 Å². The Labute approximate surface area is 101 Å². The zero-order valence-electron chi connectivity index (χ0n) is 10.2. The smallest absolute Gasteiger partial charge is 0.0779 e. The highest BCUT2D eigenvalue weighted by atomic mass is 32.1. The van der Waals surface area contributed by atoms with Gasteiger partial charge in [0, 0.05) is 13.1 Å². The lowest BCUT2D eigenvalue weighted by Crippen LogP contribution is -2.46. The Morgan fingerprint density at radius 2 is 2.20 bits per heavy atom. The maximum Gasteiger partial charge on any atom is 0.0779 e. The van der Waals surface area contributed by atoms with Crippen LogP contribution in [0.4, 0.5) is 0 Å². The van der Waals surface area contributed by atoms with E-state index in [0.717, 1.165) is 17.8 Å². The minimum absolute atomic E-state index is 0.340. The van der Waals surface area contributed by atoms with Gasteiger partial charge in [-0.15, -0.1) is 0 Å². The van der Waals surface area contributed by atoms with Crippen LogP contribution in [0.25, 0.3) is 0 Å². The van der Waals surface area contributed by atoms with Gasteiger partial charge in [-0.05, 0) is 25.2 Å². The van der Waals surface area contributed by atoms with E-state index in [2.05, 4.69) is 25.8 Å². The van der Waals surface area contributed by atoms with Crippen LogP contribution >= 0.6 is 12.2 Å². The molecule has 1 saturated heterocycles. The predicted octanol–water partition coefficient (Wildman–Crippen LogP) is 3.19. The molecule has 1 aliphatic heterocycles. The van der Waals surface area contributed by atoms with Crippen molar-refractivity contribution >= 4 is 25.1 Å². The van der Waals surface area contributed by atoms with Crippen LogP contribution in [0.3, 0.4) is 0 Å². The average Bonchev–Trinajstić information content (AvgIpc) is 2.24. The molecule has 3 atom stereocenters. The molecule has 84 valence electrons. The molecular weight excluding hydrogens is 201 g/mol. The van der Waals surface area contributed by atoms with Crippen LogP contribution < -0.4 is 0 Å². The monoisotopic (exact) mass is 223 g/mol. The molecule has 0 aromatic rings. The minimum Gasteiger partial charge on any atom is -0.366 e. The molecule has 0 saturated carbocycles. The lowest BCUT2D eigenvalue weighted by atomic mass is 9.67. The van der Waals surface area contributed by atoms with E-state index in [-0.39, 0.29) is 0 Å². The van der Waals surface area contributed by atoms with Crippen LogP contribution in [-0.4, -0.2) is 30.8 Å². The largest absolute Gasteiger partial charge is 0.366 e. The maximum absolute atomic E-state index is 6.21. The van der Waals surface area contributed by atoms with Crippen LogP contribution in [0.1, 0.15) is 46.0 Å². The second-order valence-corrected chi connectivity index (χ2v) is 5.11. The molecule has 0 N–H and O–H groups in total. The summed E-state index contributed by atoms with van der Waals surface area (Å²) in [5.41, 5.74) is 0. The number of thiocarbonyl (C=S) groups is 1. The van der Waals surface area contributed by atoms with E-state index >= 15 is 0 Å². The fraction of sp³-hybridized carbons (Fsp3) is 0.917. The number of hydrogen-bond donors (Lipinski definition) is 0. The highest BCUT2D eigenvalue weighted by Gasteiger charge is 2.32. The SMILES string of the molecule is [B]C(CC)C1CCC(=S)N(C)C1CCC. The van der Waals surface area contributed by atoms with E-state index in [1.54, 1.807) is 0 Å². The number of nitrogens with zero attached hydrogens (tertiary/aromatic N) is 1. The summed E-state index contributed by atoms with van der Waals surface area (Å²) in [6.45, 7) is 4.42. The Balaban J connectivity index is 2.72. The van der Waals surface area contributed by atoms with Gasteiger partial charge in [0.25, 0.3) is 0 Å². The summed E-state index contributed by atoms with van der Waals surface area (Å²) < 4.78 is 0. The van der Waals surface area contributed by atoms with Gasteiger partial charge in [-0.25, -0.2) is 0 Å². The van der Waals surface area contributed by atoms with Gasteiger partial charge in [-0.1, -0.05) is 44.7 Å². The van der Waals surface area contributed by atoms with Crippen molar-refractivity contribution in [1.29, 1.82) is 0 Å². The molecule has 1 aliphatic rings. The topological polar surface area (TPSA) is 3.24 Å². The molecule has 0 spiro atoms. The first kappa shape index (κ1) is 13.0. The summed E-state index contributed by atoms with van der Waals surface area (Å²) in [5.74, 6) is 0.971. The molecule has 1 heterocycles. The van der Waals surface area contributed by atoms with Crippen molar-refractivity contribution in [3.05, 3.63) is 0 Å². The zero-order chi connectivity index (χ0) is 11.4. The molecule has 15 heavy (non-hydrogen) atoms. The van der Waals surface area contributed by atoms with Gasteiger partial charge in [-0.2, -0.15) is 0 Å². The van der Waals surface area contributed by atoms with E-state index in [0.29, 0.717) is 17.8 Å². The zero-order valence-corrected chi connectivity index (χ0v) is 11.0. The summed E-state index contributed by atoms with van der Waals surface area (Å²) in [6, 6.07) is 0.575. The van der Waals surface area contributed by atoms with Crippen molar-refractivity contribution in [2.75, 3.05) is 7.05 Å². The van der Waals surface area contributed by atoms with E-state index in [9.17, 15) is 0 Å². The molecule has 0 amide bonds. The molecular formula is C12H22BNS. The fourth-order valence-electron chi connectivity index (χ4n) is 2.64. The minimum atomic E-state index is 0.340. The number of rotatable bonds is 4. The van der Waals surface area contributed by atoms with Crippen LogP contribution in [0.15, 0.2) is 0 Å². The number of likely N-dealkylation sites (tertiary alicyclic amines) is 1. The van der Waals surface area contributed by atoms with Crippen LogP contribution in [0.2, 0.25) is 5.82 Å². The molecule has 1 nitrogen and oxygen atoms in total. The predicted molar refractivity (Wildman–Crippen MR) is 71.6 cm³/mol. The van der Waals surface area contributed by atoms with Crippen LogP contribution in [-0.2, 0) is 0 Å². The normalized spacial score (nSPS) is 29.3. The van der Waals surface area contributed by atoms with Gasteiger partial charge in [0.2, 0.25) is 0 Å². The van der Waals surface area contributed by atoms with Crippen LogP contribution in [0.5, 0.6) is 0 Å². The van der Waals surface area contributed by atoms with Crippen molar-refractivity contribution < 1.29 is 0 Å². The Bertz CT molecular complexity index is 220. The molecule has 0 aromatic carbocycles. The second kappa shape index (κ2) is 5.88. The summed E-state index contributed by atoms with van der Waals surface area (Å²) >= 11 is 5.38. The first-order chi connectivity index (χ1) is 7.11. The number of piperidine rings is 1. The lowest BCUT2D eigenvalue weighted by Gasteiger charge is -2.43. The quantitative estimate of drug-likeness (QED) is 0.532. The summed E-state index contributed by atoms with van der Waals surface area (Å²) in [7, 11) is 8.34. The second-order valence-electron chi connectivity index (χ2n) is 4.64. The van der Waals surface area contributed by atoms with Crippen molar-refractivity contribution in [2.24, 2.45) is 5.92 Å². The highest BCUT2D eigenvalue weighted by Crippen LogP contribution is 2.35. The third-order valence-electron chi connectivity index (χ3n) is 3.68. The highest BCUT2D eigenvalue weighted by molar-refractivity contribution is 7.80. The third kappa shape index (κ3) is 2.96. The first-order valence-electron chi connectivity index (χ1n) is 6.13. The van der Waals surface area contributed by atoms with E-state index in [1.807, 2.05) is 0 Å².